The lowest BCUT2D eigenvalue weighted by molar-refractivity contribution is 0.321. The van der Waals surface area contributed by atoms with Crippen molar-refractivity contribution in [2.45, 2.75) is 35.1 Å². The van der Waals surface area contributed by atoms with Crippen molar-refractivity contribution in [2.24, 2.45) is 0 Å². The summed E-state index contributed by atoms with van der Waals surface area (Å²) in [5.74, 6) is 0. The van der Waals surface area contributed by atoms with E-state index < -0.39 is 20.0 Å². The number of hydrogen-bond acceptors (Lipinski definition) is 5. The topological polar surface area (TPSA) is 93.3 Å². The van der Waals surface area contributed by atoms with Crippen LogP contribution >= 0.6 is 11.6 Å². The molecule has 0 aliphatic rings. The van der Waals surface area contributed by atoms with E-state index in [0.717, 1.165) is 11.1 Å². The zero-order valence-corrected chi connectivity index (χ0v) is 20.4. The van der Waals surface area contributed by atoms with Crippen LogP contribution < -0.4 is 0 Å². The Morgan fingerprint density at radius 3 is 2.00 bits per heavy atom. The van der Waals surface area contributed by atoms with Crippen LogP contribution in [-0.4, -0.2) is 28.4 Å². The van der Waals surface area contributed by atoms with Crippen molar-refractivity contribution in [3.63, 3.8) is 0 Å². The van der Waals surface area contributed by atoms with E-state index in [1.807, 2.05) is 13.8 Å². The second-order valence-corrected chi connectivity index (χ2v) is 11.7. The van der Waals surface area contributed by atoms with Gasteiger partial charge in [0.15, 0.2) is 0 Å². The van der Waals surface area contributed by atoms with E-state index in [1.165, 1.54) is 12.1 Å². The van der Waals surface area contributed by atoms with Crippen LogP contribution in [0, 0.1) is 13.8 Å². The minimum atomic E-state index is -3.98. The molecule has 0 saturated carbocycles. The van der Waals surface area contributed by atoms with Crippen molar-refractivity contribution in [3.8, 4) is 0 Å². The Hall–Kier alpha value is -2.65. The van der Waals surface area contributed by atoms with Gasteiger partial charge in [0.2, 0.25) is 9.84 Å². The first-order valence-electron chi connectivity index (χ1n) is 10.2. The Bertz CT molecular complexity index is 1520. The third-order valence-electron chi connectivity index (χ3n) is 5.33. The molecule has 0 spiro atoms. The van der Waals surface area contributed by atoms with E-state index in [9.17, 15) is 16.8 Å². The maximum absolute atomic E-state index is 13.4. The molecule has 0 atom stereocenters. The van der Waals surface area contributed by atoms with Crippen molar-refractivity contribution >= 4 is 42.5 Å². The van der Waals surface area contributed by atoms with Crippen molar-refractivity contribution in [2.75, 3.05) is 6.61 Å². The molecule has 0 amide bonds. The Morgan fingerprint density at radius 2 is 1.39 bits per heavy atom. The summed E-state index contributed by atoms with van der Waals surface area (Å²) < 4.78 is 57.2. The molecule has 0 radical (unpaired) electrons. The molecule has 4 rings (SSSR count). The van der Waals surface area contributed by atoms with E-state index in [2.05, 4.69) is 4.98 Å². The van der Waals surface area contributed by atoms with Crippen LogP contribution in [0.1, 0.15) is 16.7 Å². The van der Waals surface area contributed by atoms with Gasteiger partial charge < -0.3 is 4.98 Å². The third-order valence-corrected chi connectivity index (χ3v) is 8.67. The van der Waals surface area contributed by atoms with Gasteiger partial charge in [0.05, 0.1) is 16.4 Å². The average molecular weight is 504 g/mol. The molecule has 0 fully saturated rings. The van der Waals surface area contributed by atoms with E-state index in [0.29, 0.717) is 21.5 Å². The van der Waals surface area contributed by atoms with Gasteiger partial charge in [0.25, 0.3) is 10.1 Å². The fourth-order valence-corrected chi connectivity index (χ4v) is 6.13. The molecule has 1 heterocycles. The zero-order chi connectivity index (χ0) is 23.8. The lowest BCUT2D eigenvalue weighted by Gasteiger charge is -2.09. The fourth-order valence-electron chi connectivity index (χ4n) is 3.53. The van der Waals surface area contributed by atoms with Gasteiger partial charge in [-0.25, -0.2) is 8.42 Å². The summed E-state index contributed by atoms with van der Waals surface area (Å²) >= 11 is 6.16. The SMILES string of the molecule is Cc1ccc(S(=O)(=O)OCCc2c(S(=O)(=O)c3ccc(C)cc3)[nH]c3ccc(Cl)cc23)cc1. The minimum absolute atomic E-state index is 0.0000430. The normalized spacial score (nSPS) is 12.3. The van der Waals surface area contributed by atoms with Crippen LogP contribution in [0.4, 0.5) is 0 Å². The number of benzene rings is 3. The molecule has 0 aliphatic carbocycles. The number of aryl methyl sites for hydroxylation is 2. The quantitative estimate of drug-likeness (QED) is 0.349. The van der Waals surface area contributed by atoms with Crippen LogP contribution in [-0.2, 0) is 30.6 Å². The Balaban J connectivity index is 1.70. The van der Waals surface area contributed by atoms with Gasteiger partial charge in [-0.3, -0.25) is 4.18 Å². The van der Waals surface area contributed by atoms with Crippen molar-refractivity contribution in [1.29, 1.82) is 0 Å². The van der Waals surface area contributed by atoms with Gasteiger partial charge in [0.1, 0.15) is 5.03 Å². The summed E-state index contributed by atoms with van der Waals surface area (Å²) in [4.78, 5) is 3.16. The molecular weight excluding hydrogens is 482 g/mol. The van der Waals surface area contributed by atoms with E-state index in [4.69, 9.17) is 15.8 Å². The van der Waals surface area contributed by atoms with Gasteiger partial charge in [-0.1, -0.05) is 47.0 Å². The van der Waals surface area contributed by atoms with E-state index in [-0.39, 0.29) is 27.8 Å². The average Bonchev–Trinajstić information content (AvgIpc) is 3.13. The number of aromatic amines is 1. The molecule has 9 heteroatoms. The molecule has 1 aromatic heterocycles. The van der Waals surface area contributed by atoms with Crippen LogP contribution in [0.3, 0.4) is 0 Å². The lowest BCUT2D eigenvalue weighted by atomic mass is 10.1. The lowest BCUT2D eigenvalue weighted by Crippen LogP contribution is -2.11. The summed E-state index contributed by atoms with van der Waals surface area (Å²) in [5.41, 5.74) is 2.87. The minimum Gasteiger partial charge on any atom is -0.345 e. The molecule has 3 aromatic carbocycles. The van der Waals surface area contributed by atoms with Crippen molar-refractivity contribution in [1.82, 2.24) is 4.98 Å². The molecule has 172 valence electrons. The van der Waals surface area contributed by atoms with E-state index >= 15 is 0 Å². The Kier molecular flexibility index (Phi) is 6.37. The number of aromatic nitrogens is 1. The predicted molar refractivity (Wildman–Crippen MR) is 128 cm³/mol. The molecule has 1 N–H and O–H groups in total. The highest BCUT2D eigenvalue weighted by molar-refractivity contribution is 7.91. The highest BCUT2D eigenvalue weighted by Crippen LogP contribution is 2.32. The standard InChI is InChI=1S/C24H22ClNO5S2/c1-16-3-8-19(9-4-16)32(27,28)24-21(22-15-18(25)7-12-23(22)26-24)13-14-31-33(29,30)20-10-5-17(2)6-11-20/h3-12,15,26H,13-14H2,1-2H3. The van der Waals surface area contributed by atoms with Gasteiger partial charge in [-0.2, -0.15) is 8.42 Å². The summed E-state index contributed by atoms with van der Waals surface area (Å²) in [6.07, 6.45) is 0.0475. The maximum atomic E-state index is 13.4. The molecule has 6 nitrogen and oxygen atoms in total. The molecule has 4 aromatic rings. The van der Waals surface area contributed by atoms with Gasteiger partial charge in [-0.15, -0.1) is 0 Å². The van der Waals surface area contributed by atoms with E-state index in [1.54, 1.807) is 54.6 Å². The maximum Gasteiger partial charge on any atom is 0.296 e. The second kappa shape index (κ2) is 8.95. The first kappa shape index (κ1) is 23.5. The number of H-pyrrole nitrogens is 1. The van der Waals surface area contributed by atoms with Crippen LogP contribution in [0.25, 0.3) is 10.9 Å². The first-order valence-corrected chi connectivity index (χ1v) is 13.4. The van der Waals surface area contributed by atoms with Gasteiger partial charge >= 0.3 is 0 Å². The van der Waals surface area contributed by atoms with Crippen molar-refractivity contribution in [3.05, 3.63) is 88.4 Å². The number of nitrogens with one attached hydrogen (secondary N) is 1. The summed E-state index contributed by atoms with van der Waals surface area (Å²) in [6.45, 7) is 3.50. The summed E-state index contributed by atoms with van der Waals surface area (Å²) in [5, 5.41) is 1.04. The fraction of sp³-hybridized carbons (Fsp3) is 0.167. The monoisotopic (exact) mass is 503 g/mol. The third kappa shape index (κ3) is 4.84. The van der Waals surface area contributed by atoms with Crippen LogP contribution in [0.5, 0.6) is 0 Å². The smallest absolute Gasteiger partial charge is 0.296 e. The molecule has 0 bridgehead atoms. The highest BCUT2D eigenvalue weighted by Gasteiger charge is 2.26. The Labute approximate surface area is 198 Å². The van der Waals surface area contributed by atoms with Crippen molar-refractivity contribution < 1.29 is 21.0 Å². The summed E-state index contributed by atoms with van der Waals surface area (Å²) in [7, 11) is -7.87. The Morgan fingerprint density at radius 1 is 0.818 bits per heavy atom. The van der Waals surface area contributed by atoms with Gasteiger partial charge in [0, 0.05) is 22.3 Å². The molecule has 0 saturated heterocycles. The number of fused-ring (bicyclic) bond motifs is 1. The number of hydrogen-bond donors (Lipinski definition) is 1. The largest absolute Gasteiger partial charge is 0.345 e. The first-order chi connectivity index (χ1) is 15.6. The number of halogens is 1. The molecule has 0 unspecified atom stereocenters. The van der Waals surface area contributed by atoms with Crippen LogP contribution in [0.2, 0.25) is 5.02 Å². The highest BCUT2D eigenvalue weighted by atomic mass is 35.5. The number of rotatable bonds is 7. The zero-order valence-electron chi connectivity index (χ0n) is 18.0. The second-order valence-electron chi connectivity index (χ2n) is 7.78. The molecule has 0 aliphatic heterocycles. The predicted octanol–water partition coefficient (Wildman–Crippen LogP) is 5.22. The summed E-state index contributed by atoms with van der Waals surface area (Å²) in [6, 6.07) is 17.9. The number of sulfone groups is 1. The van der Waals surface area contributed by atoms with Crippen LogP contribution in [0.15, 0.2) is 81.5 Å². The molecular formula is C24H22ClNO5S2. The molecule has 33 heavy (non-hydrogen) atoms. The van der Waals surface area contributed by atoms with Gasteiger partial charge in [-0.05, 0) is 61.9 Å².